The van der Waals surface area contributed by atoms with Crippen molar-refractivity contribution >= 4 is 11.8 Å². The molecule has 25 heavy (non-hydrogen) atoms. The zero-order valence-electron chi connectivity index (χ0n) is 14.5. The third-order valence-corrected chi connectivity index (χ3v) is 6.35. The molecule has 2 aliphatic heterocycles. The number of aromatic nitrogens is 2. The van der Waals surface area contributed by atoms with E-state index in [2.05, 4.69) is 26.7 Å². The fourth-order valence-electron chi connectivity index (χ4n) is 3.89. The van der Waals surface area contributed by atoms with E-state index >= 15 is 0 Å². The maximum atomic E-state index is 13.8. The van der Waals surface area contributed by atoms with Crippen LogP contribution in [-0.2, 0) is 6.54 Å². The average Bonchev–Trinajstić information content (AvgIpc) is 3.18. The second kappa shape index (κ2) is 7.89. The van der Waals surface area contributed by atoms with Crippen LogP contribution in [0.15, 0.2) is 36.7 Å². The van der Waals surface area contributed by atoms with E-state index in [4.69, 9.17) is 0 Å². The summed E-state index contributed by atoms with van der Waals surface area (Å²) < 4.78 is 15.6. The molecule has 0 bridgehead atoms. The zero-order valence-corrected chi connectivity index (χ0v) is 15.3. The van der Waals surface area contributed by atoms with Crippen molar-refractivity contribution < 1.29 is 4.39 Å². The predicted octanol–water partition coefficient (Wildman–Crippen LogP) is 3.02. The van der Waals surface area contributed by atoms with Crippen LogP contribution in [0.4, 0.5) is 4.39 Å². The number of halogens is 1. The summed E-state index contributed by atoms with van der Waals surface area (Å²) in [5.41, 5.74) is 1.98. The van der Waals surface area contributed by atoms with Crippen LogP contribution < -0.4 is 0 Å². The van der Waals surface area contributed by atoms with Gasteiger partial charge in [0, 0.05) is 51.2 Å². The van der Waals surface area contributed by atoms with Crippen LogP contribution >= 0.6 is 11.8 Å². The summed E-state index contributed by atoms with van der Waals surface area (Å²) in [5, 5.41) is 4.31. The maximum absolute atomic E-state index is 13.8. The minimum atomic E-state index is -0.177. The van der Waals surface area contributed by atoms with Crippen molar-refractivity contribution in [2.45, 2.75) is 25.4 Å². The minimum absolute atomic E-state index is 0.177. The third kappa shape index (κ3) is 4.07. The highest BCUT2D eigenvalue weighted by atomic mass is 32.2. The van der Waals surface area contributed by atoms with Crippen molar-refractivity contribution in [2.24, 2.45) is 0 Å². The Hall–Kier alpha value is -1.37. The highest BCUT2D eigenvalue weighted by molar-refractivity contribution is 7.99. The van der Waals surface area contributed by atoms with E-state index in [-0.39, 0.29) is 5.82 Å². The summed E-state index contributed by atoms with van der Waals surface area (Å²) in [4.78, 5) is 5.10. The van der Waals surface area contributed by atoms with Gasteiger partial charge in [-0.15, -0.1) is 0 Å². The van der Waals surface area contributed by atoms with Crippen LogP contribution in [-0.4, -0.2) is 63.3 Å². The molecule has 6 heteroatoms. The van der Waals surface area contributed by atoms with Gasteiger partial charge >= 0.3 is 0 Å². The van der Waals surface area contributed by atoms with Crippen LogP contribution in [0, 0.1) is 5.82 Å². The van der Waals surface area contributed by atoms with Gasteiger partial charge in [-0.2, -0.15) is 16.9 Å². The van der Waals surface area contributed by atoms with Crippen molar-refractivity contribution in [2.75, 3.05) is 37.7 Å². The van der Waals surface area contributed by atoms with E-state index in [0.717, 1.165) is 50.0 Å². The van der Waals surface area contributed by atoms with Crippen molar-refractivity contribution in [3.05, 3.63) is 48.0 Å². The molecule has 1 aromatic carbocycles. The Morgan fingerprint density at radius 2 is 1.92 bits per heavy atom. The average molecular weight is 361 g/mol. The normalized spacial score (nSPS) is 20.8. The third-order valence-electron chi connectivity index (χ3n) is 5.30. The summed E-state index contributed by atoms with van der Waals surface area (Å²) in [5.74, 6) is 2.44. The van der Waals surface area contributed by atoms with Crippen molar-refractivity contribution in [1.82, 2.24) is 19.6 Å². The summed E-state index contributed by atoms with van der Waals surface area (Å²) in [6.07, 6.45) is 6.33. The Morgan fingerprint density at radius 3 is 2.64 bits per heavy atom. The lowest BCUT2D eigenvalue weighted by atomic mass is 10.1. The molecule has 1 aromatic heterocycles. The predicted molar refractivity (Wildman–Crippen MR) is 101 cm³/mol. The number of hydrogen-bond acceptors (Lipinski definition) is 4. The Bertz CT molecular complexity index is 677. The first-order chi connectivity index (χ1) is 12.3. The number of thioether (sulfide) groups is 1. The molecular weight excluding hydrogens is 335 g/mol. The summed E-state index contributed by atoms with van der Waals surface area (Å²) in [7, 11) is 0. The molecule has 0 spiro atoms. The van der Waals surface area contributed by atoms with E-state index < -0.39 is 0 Å². The number of nitrogens with zero attached hydrogens (tertiary/aromatic N) is 4. The molecule has 4 rings (SSSR count). The maximum Gasteiger partial charge on any atom is 0.123 e. The lowest BCUT2D eigenvalue weighted by molar-refractivity contribution is 0.0879. The molecule has 134 valence electrons. The van der Waals surface area contributed by atoms with E-state index in [1.165, 1.54) is 30.4 Å². The molecule has 0 atom stereocenters. The van der Waals surface area contributed by atoms with Gasteiger partial charge in [-0.3, -0.25) is 9.80 Å². The lowest BCUT2D eigenvalue weighted by Gasteiger charge is -2.40. The fourth-order valence-corrected chi connectivity index (χ4v) is 4.97. The molecular formula is C19H25FN4S. The van der Waals surface area contributed by atoms with Gasteiger partial charge in [0.15, 0.2) is 0 Å². The monoisotopic (exact) mass is 360 g/mol. The smallest absolute Gasteiger partial charge is 0.123 e. The number of rotatable bonds is 4. The van der Waals surface area contributed by atoms with Gasteiger partial charge in [-0.25, -0.2) is 9.07 Å². The van der Waals surface area contributed by atoms with Gasteiger partial charge in [-0.05, 0) is 54.2 Å². The lowest BCUT2D eigenvalue weighted by Crippen LogP contribution is -2.50. The Morgan fingerprint density at radius 1 is 1.12 bits per heavy atom. The molecule has 0 amide bonds. The molecule has 3 heterocycles. The van der Waals surface area contributed by atoms with Crippen LogP contribution in [0.25, 0.3) is 5.69 Å². The molecule has 0 N–H and O–H groups in total. The minimum Gasteiger partial charge on any atom is -0.298 e. The van der Waals surface area contributed by atoms with Crippen molar-refractivity contribution in [1.29, 1.82) is 0 Å². The molecule has 2 fully saturated rings. The SMILES string of the molecule is Fc1ccc(-n2cccn2)c(CN2CCN(C3CCSCC3)CC2)c1. The van der Waals surface area contributed by atoms with E-state index in [1.807, 2.05) is 23.0 Å². The molecule has 2 aromatic rings. The van der Waals surface area contributed by atoms with E-state index in [1.54, 1.807) is 12.3 Å². The molecule has 0 radical (unpaired) electrons. The first-order valence-corrected chi connectivity index (χ1v) is 10.3. The molecule has 2 aliphatic rings. The summed E-state index contributed by atoms with van der Waals surface area (Å²) in [6.45, 7) is 5.14. The Labute approximate surface area is 153 Å². The molecule has 2 saturated heterocycles. The van der Waals surface area contributed by atoms with Crippen LogP contribution in [0.5, 0.6) is 0 Å². The molecule has 0 unspecified atom stereocenters. The number of benzene rings is 1. The molecule has 4 nitrogen and oxygen atoms in total. The fraction of sp³-hybridized carbons (Fsp3) is 0.526. The second-order valence-electron chi connectivity index (χ2n) is 6.88. The Balaban J connectivity index is 1.41. The standard InChI is InChI=1S/C19H25FN4S/c20-17-2-3-19(24-7-1-6-21-24)16(14-17)15-22-8-10-23(11-9-22)18-4-12-25-13-5-18/h1-3,6-7,14,18H,4-5,8-13,15H2. The van der Waals surface area contributed by atoms with Gasteiger partial charge in [0.1, 0.15) is 5.82 Å². The first-order valence-electron chi connectivity index (χ1n) is 9.12. The first kappa shape index (κ1) is 17.1. The van der Waals surface area contributed by atoms with Crippen molar-refractivity contribution in [3.63, 3.8) is 0 Å². The van der Waals surface area contributed by atoms with Crippen LogP contribution in [0.3, 0.4) is 0 Å². The van der Waals surface area contributed by atoms with Gasteiger partial charge < -0.3 is 0 Å². The zero-order chi connectivity index (χ0) is 17.1. The highest BCUT2D eigenvalue weighted by Crippen LogP contribution is 2.24. The van der Waals surface area contributed by atoms with Gasteiger partial charge in [0.05, 0.1) is 5.69 Å². The Kier molecular flexibility index (Phi) is 5.39. The van der Waals surface area contributed by atoms with Gasteiger partial charge in [0.25, 0.3) is 0 Å². The summed E-state index contributed by atoms with van der Waals surface area (Å²) in [6, 6.07) is 7.67. The second-order valence-corrected chi connectivity index (χ2v) is 8.10. The molecule has 0 saturated carbocycles. The number of hydrogen-bond donors (Lipinski definition) is 0. The largest absolute Gasteiger partial charge is 0.298 e. The number of piperazine rings is 1. The van der Waals surface area contributed by atoms with Crippen LogP contribution in [0.1, 0.15) is 18.4 Å². The van der Waals surface area contributed by atoms with E-state index in [0.29, 0.717) is 0 Å². The summed E-state index contributed by atoms with van der Waals surface area (Å²) >= 11 is 2.09. The van der Waals surface area contributed by atoms with Gasteiger partial charge in [-0.1, -0.05) is 0 Å². The quantitative estimate of drug-likeness (QED) is 0.837. The van der Waals surface area contributed by atoms with E-state index in [9.17, 15) is 4.39 Å². The topological polar surface area (TPSA) is 24.3 Å². The van der Waals surface area contributed by atoms with Gasteiger partial charge in [0.2, 0.25) is 0 Å². The van der Waals surface area contributed by atoms with Crippen LogP contribution in [0.2, 0.25) is 0 Å². The molecule has 0 aliphatic carbocycles. The highest BCUT2D eigenvalue weighted by Gasteiger charge is 2.25. The van der Waals surface area contributed by atoms with Crippen molar-refractivity contribution in [3.8, 4) is 5.69 Å².